The molecule has 4 N–H and O–H groups in total. The van der Waals surface area contributed by atoms with Crippen molar-refractivity contribution in [3.8, 4) is 0 Å². The smallest absolute Gasteiger partial charge is 0.325 e. The fraction of sp³-hybridized carbons (Fsp3) is 0.727. The highest BCUT2D eigenvalue weighted by Gasteiger charge is 2.51. The molecule has 7 heteroatoms. The highest BCUT2D eigenvalue weighted by atomic mass is 16.4. The predicted molar refractivity (Wildman–Crippen MR) is 61.7 cm³/mol. The van der Waals surface area contributed by atoms with Gasteiger partial charge in [0.15, 0.2) is 0 Å². The molecule has 3 amide bonds. The lowest BCUT2D eigenvalue weighted by Gasteiger charge is -2.30. The Kier molecular flexibility index (Phi) is 3.25. The Morgan fingerprint density at radius 1 is 1.39 bits per heavy atom. The second-order valence-electron chi connectivity index (χ2n) is 4.93. The minimum atomic E-state index is -1.24. The lowest BCUT2D eigenvalue weighted by atomic mass is 9.82. The van der Waals surface area contributed by atoms with Gasteiger partial charge in [0.05, 0.1) is 6.54 Å². The second-order valence-corrected chi connectivity index (χ2v) is 4.93. The number of nitrogens with zero attached hydrogens (tertiary/aromatic N) is 1. The number of hydrogen-bond donors (Lipinski definition) is 3. The zero-order valence-corrected chi connectivity index (χ0v) is 10.0. The molecular formula is C11H17N3O4. The topological polar surface area (TPSA) is 113 Å². The van der Waals surface area contributed by atoms with Gasteiger partial charge in [-0.15, -0.1) is 0 Å². The van der Waals surface area contributed by atoms with E-state index in [4.69, 9.17) is 10.8 Å². The summed E-state index contributed by atoms with van der Waals surface area (Å²) in [6.07, 6.45) is 4.09. The summed E-state index contributed by atoms with van der Waals surface area (Å²) in [5.74, 6) is -1.55. The predicted octanol–water partition coefficient (Wildman–Crippen LogP) is -0.347. The van der Waals surface area contributed by atoms with Crippen molar-refractivity contribution in [3.05, 3.63) is 0 Å². The Labute approximate surface area is 104 Å². The number of carboxylic acid groups (broad SMARTS) is 1. The van der Waals surface area contributed by atoms with Crippen LogP contribution >= 0.6 is 0 Å². The van der Waals surface area contributed by atoms with E-state index in [9.17, 15) is 14.4 Å². The van der Waals surface area contributed by atoms with E-state index in [1.54, 1.807) is 0 Å². The molecule has 1 aliphatic carbocycles. The summed E-state index contributed by atoms with van der Waals surface area (Å²) in [4.78, 5) is 35.6. The summed E-state index contributed by atoms with van der Waals surface area (Å²) >= 11 is 0. The first kappa shape index (κ1) is 12.8. The maximum Gasteiger partial charge on any atom is 0.325 e. The van der Waals surface area contributed by atoms with Gasteiger partial charge < -0.3 is 16.2 Å². The van der Waals surface area contributed by atoms with Crippen LogP contribution in [0.5, 0.6) is 0 Å². The number of nitrogens with one attached hydrogen (secondary N) is 1. The molecule has 18 heavy (non-hydrogen) atoms. The Morgan fingerprint density at radius 2 is 2.00 bits per heavy atom. The summed E-state index contributed by atoms with van der Waals surface area (Å²) in [6, 6.07) is -1.77. The highest BCUT2D eigenvalue weighted by Crippen LogP contribution is 2.33. The minimum Gasteiger partial charge on any atom is -0.480 e. The van der Waals surface area contributed by atoms with Gasteiger partial charge in [0.25, 0.3) is 5.91 Å². The molecule has 0 radical (unpaired) electrons. The molecule has 1 atom stereocenters. The Bertz CT molecular complexity index is 390. The quantitative estimate of drug-likeness (QED) is 0.597. The molecule has 7 nitrogen and oxygen atoms in total. The van der Waals surface area contributed by atoms with Crippen LogP contribution in [0.2, 0.25) is 0 Å². The lowest BCUT2D eigenvalue weighted by molar-refractivity contribution is -0.139. The maximum atomic E-state index is 12.2. The first-order valence-electron chi connectivity index (χ1n) is 6.09. The van der Waals surface area contributed by atoms with E-state index >= 15 is 0 Å². The largest absolute Gasteiger partial charge is 0.480 e. The number of carboxylic acids is 1. The molecule has 2 rings (SSSR count). The van der Waals surface area contributed by atoms with Crippen LogP contribution in [0.4, 0.5) is 4.79 Å². The van der Waals surface area contributed by atoms with Crippen LogP contribution in [0.25, 0.3) is 0 Å². The summed E-state index contributed by atoms with van der Waals surface area (Å²) in [5.41, 5.74) is 4.55. The van der Waals surface area contributed by atoms with E-state index in [1.807, 2.05) is 0 Å². The molecular weight excluding hydrogens is 238 g/mol. The zero-order chi connectivity index (χ0) is 13.3. The third-order valence-corrected chi connectivity index (χ3v) is 3.65. The van der Waals surface area contributed by atoms with Gasteiger partial charge in [0, 0.05) is 0 Å². The van der Waals surface area contributed by atoms with Gasteiger partial charge >= 0.3 is 12.0 Å². The van der Waals surface area contributed by atoms with Crippen LogP contribution in [0.15, 0.2) is 0 Å². The number of rotatable bonds is 3. The van der Waals surface area contributed by atoms with Crippen LogP contribution < -0.4 is 11.1 Å². The molecule has 0 bridgehead atoms. The van der Waals surface area contributed by atoms with E-state index < -0.39 is 23.6 Å². The zero-order valence-electron chi connectivity index (χ0n) is 10.0. The molecule has 0 aromatic rings. The third kappa shape index (κ3) is 2.05. The molecule has 0 aromatic heterocycles. The summed E-state index contributed by atoms with van der Waals surface area (Å²) < 4.78 is 0. The van der Waals surface area contributed by atoms with Gasteiger partial charge in [-0.25, -0.2) is 4.79 Å². The average molecular weight is 255 g/mol. The van der Waals surface area contributed by atoms with Gasteiger partial charge in [-0.1, -0.05) is 19.3 Å². The fourth-order valence-electron chi connectivity index (χ4n) is 2.61. The number of imide groups is 1. The van der Waals surface area contributed by atoms with Crippen LogP contribution in [0.1, 0.15) is 32.1 Å². The van der Waals surface area contributed by atoms with Crippen molar-refractivity contribution in [2.45, 2.75) is 43.7 Å². The van der Waals surface area contributed by atoms with Crippen molar-refractivity contribution in [1.82, 2.24) is 10.2 Å². The average Bonchev–Trinajstić information content (AvgIpc) is 2.55. The third-order valence-electron chi connectivity index (χ3n) is 3.65. The van der Waals surface area contributed by atoms with Crippen molar-refractivity contribution < 1.29 is 19.5 Å². The van der Waals surface area contributed by atoms with Crippen molar-refractivity contribution in [1.29, 1.82) is 0 Å². The molecule has 1 saturated carbocycles. The van der Waals surface area contributed by atoms with Gasteiger partial charge in [-0.2, -0.15) is 0 Å². The number of nitrogens with two attached hydrogens (primary N) is 1. The normalized spacial score (nSPS) is 24.2. The van der Waals surface area contributed by atoms with Crippen LogP contribution in [-0.4, -0.2) is 46.0 Å². The fourth-order valence-corrected chi connectivity index (χ4v) is 2.61. The monoisotopic (exact) mass is 255 g/mol. The number of carbonyl (C=O) groups excluding carboxylic acids is 2. The standard InChI is InChI=1S/C11H17N3O4/c12-7(8(15)16)6-14-9(17)11(13-10(14)18)4-2-1-3-5-11/h7H,1-6,12H2,(H,13,18)(H,15,16). The van der Waals surface area contributed by atoms with Crippen molar-refractivity contribution in [2.75, 3.05) is 6.54 Å². The second kappa shape index (κ2) is 4.56. The van der Waals surface area contributed by atoms with Crippen molar-refractivity contribution in [2.24, 2.45) is 5.73 Å². The van der Waals surface area contributed by atoms with Crippen molar-refractivity contribution in [3.63, 3.8) is 0 Å². The first-order chi connectivity index (χ1) is 8.46. The first-order valence-corrected chi connectivity index (χ1v) is 6.09. The number of urea groups is 1. The molecule has 1 aliphatic heterocycles. The summed E-state index contributed by atoms with van der Waals surface area (Å²) in [7, 11) is 0. The molecule has 1 spiro atoms. The Balaban J connectivity index is 2.11. The number of amides is 3. The minimum absolute atomic E-state index is 0.276. The van der Waals surface area contributed by atoms with E-state index in [2.05, 4.69) is 5.32 Å². The molecule has 0 aromatic carbocycles. The molecule has 100 valence electrons. The van der Waals surface area contributed by atoms with E-state index in [0.29, 0.717) is 12.8 Å². The maximum absolute atomic E-state index is 12.2. The number of aliphatic carboxylic acids is 1. The Morgan fingerprint density at radius 3 is 2.56 bits per heavy atom. The molecule has 2 fully saturated rings. The van der Waals surface area contributed by atoms with Gasteiger partial charge in [0.2, 0.25) is 0 Å². The molecule has 1 heterocycles. The van der Waals surface area contributed by atoms with E-state index in [-0.39, 0.29) is 12.5 Å². The molecule has 2 aliphatic rings. The summed E-state index contributed by atoms with van der Waals surface area (Å²) in [6.45, 7) is -0.276. The van der Waals surface area contributed by atoms with Crippen LogP contribution in [-0.2, 0) is 9.59 Å². The van der Waals surface area contributed by atoms with Crippen molar-refractivity contribution >= 4 is 17.9 Å². The lowest BCUT2D eigenvalue weighted by Crippen LogP contribution is -2.49. The molecule has 1 saturated heterocycles. The van der Waals surface area contributed by atoms with Gasteiger partial charge in [0.1, 0.15) is 11.6 Å². The van der Waals surface area contributed by atoms with Gasteiger partial charge in [-0.05, 0) is 12.8 Å². The summed E-state index contributed by atoms with van der Waals surface area (Å²) in [5, 5.41) is 11.4. The molecule has 1 unspecified atom stereocenters. The van der Waals surface area contributed by atoms with E-state index in [0.717, 1.165) is 24.2 Å². The van der Waals surface area contributed by atoms with Crippen LogP contribution in [0.3, 0.4) is 0 Å². The number of carbonyl (C=O) groups is 3. The number of hydrogen-bond acceptors (Lipinski definition) is 4. The SMILES string of the molecule is NC(CN1C(=O)NC2(CCCCC2)C1=O)C(=O)O. The van der Waals surface area contributed by atoms with Crippen LogP contribution in [0, 0.1) is 0 Å². The highest BCUT2D eigenvalue weighted by molar-refractivity contribution is 6.07. The Hall–Kier alpha value is -1.63. The van der Waals surface area contributed by atoms with Gasteiger partial charge in [-0.3, -0.25) is 14.5 Å². The van der Waals surface area contributed by atoms with E-state index in [1.165, 1.54) is 0 Å².